The van der Waals surface area contributed by atoms with Crippen LogP contribution in [0.3, 0.4) is 0 Å². The molecule has 1 saturated heterocycles. The molecular weight excluding hydrogens is 180 g/mol. The van der Waals surface area contributed by atoms with E-state index in [-0.39, 0.29) is 6.29 Å². The largest absolute Gasteiger partial charge is 0.356 e. The van der Waals surface area contributed by atoms with E-state index in [0.29, 0.717) is 17.9 Å². The van der Waals surface area contributed by atoms with Crippen molar-refractivity contribution in [3.05, 3.63) is 12.2 Å². The molecule has 0 aromatic heterocycles. The molecule has 4 atom stereocenters. The van der Waals surface area contributed by atoms with Crippen molar-refractivity contribution in [1.82, 2.24) is 0 Å². The van der Waals surface area contributed by atoms with E-state index in [4.69, 9.17) is 9.47 Å². The molecule has 3 nitrogen and oxygen atoms in total. The Labute approximate surface area is 84.1 Å². The number of methoxy groups -OCH3 is 1. The van der Waals surface area contributed by atoms with Gasteiger partial charge in [-0.1, -0.05) is 6.08 Å². The molecule has 78 valence electrons. The predicted molar refractivity (Wildman–Crippen MR) is 51.7 cm³/mol. The third-order valence-electron chi connectivity index (χ3n) is 3.30. The van der Waals surface area contributed by atoms with E-state index >= 15 is 0 Å². The van der Waals surface area contributed by atoms with Gasteiger partial charge in [0.15, 0.2) is 6.29 Å². The van der Waals surface area contributed by atoms with Crippen molar-refractivity contribution in [2.75, 3.05) is 7.11 Å². The average molecular weight is 196 g/mol. The van der Waals surface area contributed by atoms with Crippen LogP contribution in [0.2, 0.25) is 0 Å². The van der Waals surface area contributed by atoms with E-state index in [1.54, 1.807) is 13.2 Å². The number of carbonyl (C=O) groups is 1. The highest BCUT2D eigenvalue weighted by Gasteiger charge is 2.43. The predicted octanol–water partition coefficient (Wildman–Crippen LogP) is 1.53. The smallest absolute Gasteiger partial charge is 0.157 e. The molecule has 0 amide bonds. The van der Waals surface area contributed by atoms with Crippen LogP contribution in [-0.2, 0) is 14.3 Å². The van der Waals surface area contributed by atoms with Gasteiger partial charge in [-0.15, -0.1) is 0 Å². The fourth-order valence-corrected chi connectivity index (χ4v) is 2.61. The fourth-order valence-electron chi connectivity index (χ4n) is 2.61. The second kappa shape index (κ2) is 4.24. The van der Waals surface area contributed by atoms with E-state index in [1.165, 1.54) is 0 Å². The van der Waals surface area contributed by atoms with Crippen molar-refractivity contribution in [3.8, 4) is 0 Å². The second-order valence-electron chi connectivity index (χ2n) is 4.00. The molecule has 2 rings (SSSR count). The zero-order valence-electron chi connectivity index (χ0n) is 8.39. The molecule has 1 aliphatic heterocycles. The molecule has 0 radical (unpaired) electrons. The van der Waals surface area contributed by atoms with E-state index in [2.05, 4.69) is 0 Å². The highest BCUT2D eigenvalue weighted by Crippen LogP contribution is 2.43. The Balaban J connectivity index is 1.97. The summed E-state index contributed by atoms with van der Waals surface area (Å²) in [6, 6.07) is 0. The summed E-state index contributed by atoms with van der Waals surface area (Å²) in [6.45, 7) is 0. The third-order valence-corrected chi connectivity index (χ3v) is 3.30. The summed E-state index contributed by atoms with van der Waals surface area (Å²) in [4.78, 5) is 10.2. The number of fused-ring (bicyclic) bond motifs is 1. The Bertz CT molecular complexity index is 237. The molecule has 3 heteroatoms. The number of allylic oxidation sites excluding steroid dienone is 2. The number of rotatable bonds is 3. The van der Waals surface area contributed by atoms with E-state index in [1.807, 2.05) is 6.08 Å². The van der Waals surface area contributed by atoms with Gasteiger partial charge in [-0.25, -0.2) is 0 Å². The zero-order valence-corrected chi connectivity index (χ0v) is 8.39. The summed E-state index contributed by atoms with van der Waals surface area (Å²) in [5.41, 5.74) is 0. The number of carbonyl (C=O) groups excluding carboxylic acids is 1. The first-order valence-corrected chi connectivity index (χ1v) is 5.15. The maximum atomic E-state index is 10.2. The molecule has 1 aliphatic carbocycles. The topological polar surface area (TPSA) is 35.5 Å². The van der Waals surface area contributed by atoms with Gasteiger partial charge in [0, 0.05) is 13.5 Å². The van der Waals surface area contributed by atoms with Crippen molar-refractivity contribution < 1.29 is 14.3 Å². The quantitative estimate of drug-likeness (QED) is 0.507. The summed E-state index contributed by atoms with van der Waals surface area (Å²) in [5.74, 6) is 1.06. The molecule has 14 heavy (non-hydrogen) atoms. The minimum atomic E-state index is -0.0302. The van der Waals surface area contributed by atoms with Crippen LogP contribution < -0.4 is 0 Å². The van der Waals surface area contributed by atoms with Crippen LogP contribution in [0.1, 0.15) is 19.3 Å². The number of ether oxygens (including phenoxy) is 2. The van der Waals surface area contributed by atoms with Crippen LogP contribution in [-0.4, -0.2) is 25.8 Å². The summed E-state index contributed by atoms with van der Waals surface area (Å²) < 4.78 is 10.9. The standard InChI is InChI=1S/C11H16O3/c1-13-11-7-9-8(3-2-6-12)4-5-10(9)14-11/h2-3,6,8-11H,4-5,7H2,1H3/b3-2+/t8-,9+,10-,11?/m0/s1. The fraction of sp³-hybridized carbons (Fsp3) is 0.727. The molecule has 2 fully saturated rings. The Morgan fingerprint density at radius 3 is 3.00 bits per heavy atom. The van der Waals surface area contributed by atoms with Gasteiger partial charge in [-0.05, 0) is 30.8 Å². The molecule has 0 aromatic carbocycles. The first-order valence-electron chi connectivity index (χ1n) is 5.15. The Kier molecular flexibility index (Phi) is 2.99. The SMILES string of the molecule is COC1C[C@H]2[C@H](CC[C@@H]2/C=C/C=O)O1. The van der Waals surface area contributed by atoms with Gasteiger partial charge in [0.25, 0.3) is 0 Å². The summed E-state index contributed by atoms with van der Waals surface area (Å²) in [6.07, 6.45) is 7.98. The van der Waals surface area contributed by atoms with Crippen molar-refractivity contribution in [3.63, 3.8) is 0 Å². The monoisotopic (exact) mass is 196 g/mol. The average Bonchev–Trinajstić information content (AvgIpc) is 2.74. The Morgan fingerprint density at radius 1 is 1.43 bits per heavy atom. The van der Waals surface area contributed by atoms with E-state index in [0.717, 1.165) is 25.5 Å². The van der Waals surface area contributed by atoms with Gasteiger partial charge in [0.2, 0.25) is 0 Å². The Hall–Kier alpha value is -0.670. The van der Waals surface area contributed by atoms with Gasteiger partial charge < -0.3 is 9.47 Å². The van der Waals surface area contributed by atoms with Crippen LogP contribution in [0, 0.1) is 11.8 Å². The van der Waals surface area contributed by atoms with Gasteiger partial charge in [0.05, 0.1) is 6.10 Å². The molecule has 2 aliphatic rings. The van der Waals surface area contributed by atoms with Crippen molar-refractivity contribution in [1.29, 1.82) is 0 Å². The van der Waals surface area contributed by atoms with Gasteiger partial charge in [-0.2, -0.15) is 0 Å². The van der Waals surface area contributed by atoms with Gasteiger partial charge in [0.1, 0.15) is 6.29 Å². The van der Waals surface area contributed by atoms with Crippen LogP contribution in [0.5, 0.6) is 0 Å². The van der Waals surface area contributed by atoms with Gasteiger partial charge in [-0.3, -0.25) is 4.79 Å². The lowest BCUT2D eigenvalue weighted by atomic mass is 9.93. The van der Waals surface area contributed by atoms with Crippen LogP contribution >= 0.6 is 0 Å². The molecule has 1 heterocycles. The highest BCUT2D eigenvalue weighted by atomic mass is 16.7. The van der Waals surface area contributed by atoms with Crippen LogP contribution in [0.25, 0.3) is 0 Å². The molecule has 1 unspecified atom stereocenters. The van der Waals surface area contributed by atoms with Crippen molar-refractivity contribution in [2.24, 2.45) is 11.8 Å². The highest BCUT2D eigenvalue weighted by molar-refractivity contribution is 5.64. The van der Waals surface area contributed by atoms with E-state index < -0.39 is 0 Å². The lowest BCUT2D eigenvalue weighted by Crippen LogP contribution is -2.12. The van der Waals surface area contributed by atoms with E-state index in [9.17, 15) is 4.79 Å². The molecule has 0 spiro atoms. The number of hydrogen-bond donors (Lipinski definition) is 0. The van der Waals surface area contributed by atoms with Crippen molar-refractivity contribution in [2.45, 2.75) is 31.7 Å². The first-order chi connectivity index (χ1) is 6.85. The summed E-state index contributed by atoms with van der Waals surface area (Å²) in [7, 11) is 1.68. The third kappa shape index (κ3) is 1.74. The number of hydrogen-bond acceptors (Lipinski definition) is 3. The van der Waals surface area contributed by atoms with Crippen LogP contribution in [0.15, 0.2) is 12.2 Å². The summed E-state index contributed by atoms with van der Waals surface area (Å²) >= 11 is 0. The normalized spacial score (nSPS) is 41.8. The maximum Gasteiger partial charge on any atom is 0.157 e. The minimum Gasteiger partial charge on any atom is -0.356 e. The molecule has 0 bridgehead atoms. The lowest BCUT2D eigenvalue weighted by molar-refractivity contribution is -0.114. The Morgan fingerprint density at radius 2 is 2.29 bits per heavy atom. The minimum absolute atomic E-state index is 0.0302. The first kappa shape index (κ1) is 9.87. The van der Waals surface area contributed by atoms with Gasteiger partial charge >= 0.3 is 0 Å². The number of aldehydes is 1. The molecule has 1 saturated carbocycles. The lowest BCUT2D eigenvalue weighted by Gasteiger charge is -2.11. The summed E-state index contributed by atoms with van der Waals surface area (Å²) in [5, 5.41) is 0. The molecule has 0 N–H and O–H groups in total. The molecular formula is C11H16O3. The maximum absolute atomic E-state index is 10.2. The second-order valence-corrected chi connectivity index (χ2v) is 4.00. The zero-order chi connectivity index (χ0) is 9.97. The van der Waals surface area contributed by atoms with Crippen molar-refractivity contribution >= 4 is 6.29 Å². The molecule has 0 aromatic rings. The van der Waals surface area contributed by atoms with Crippen LogP contribution in [0.4, 0.5) is 0 Å².